The number of piperazine rings is 1. The molecule has 1 aliphatic rings. The molecule has 0 spiro atoms. The van der Waals surface area contributed by atoms with Gasteiger partial charge in [0.05, 0.1) is 6.04 Å². The Morgan fingerprint density at radius 2 is 1.76 bits per heavy atom. The Labute approximate surface area is 178 Å². The molecule has 2 aromatic rings. The van der Waals surface area contributed by atoms with Crippen LogP contribution in [0.3, 0.4) is 0 Å². The number of nitrogens with one attached hydrogen (secondary N) is 1. The largest absolute Gasteiger partial charge is 0.354 e. The number of benzene rings is 1. The van der Waals surface area contributed by atoms with Crippen LogP contribution in [-0.2, 0) is 4.79 Å². The summed E-state index contributed by atoms with van der Waals surface area (Å²) in [6.07, 6.45) is 0. The van der Waals surface area contributed by atoms with Gasteiger partial charge in [-0.2, -0.15) is 0 Å². The van der Waals surface area contributed by atoms with E-state index in [-0.39, 0.29) is 11.9 Å². The fraction of sp³-hybridized carbons (Fsp3) is 0.500. The van der Waals surface area contributed by atoms with Crippen molar-refractivity contribution in [3.63, 3.8) is 0 Å². The minimum atomic E-state index is -0.214. The number of aryl methyl sites for hydroxylation is 2. The number of nitrogens with zero attached hydrogens (tertiary/aromatic N) is 4. The van der Waals surface area contributed by atoms with Crippen LogP contribution < -0.4 is 10.2 Å². The number of rotatable bonds is 5. The van der Waals surface area contributed by atoms with Crippen LogP contribution in [0.25, 0.3) is 0 Å². The molecule has 1 N–H and O–H groups in total. The highest BCUT2D eigenvalue weighted by Crippen LogP contribution is 2.22. The zero-order chi connectivity index (χ0) is 21.1. The summed E-state index contributed by atoms with van der Waals surface area (Å²) in [5.74, 6) is 2.15. The van der Waals surface area contributed by atoms with Crippen LogP contribution in [0.1, 0.15) is 43.8 Å². The maximum absolute atomic E-state index is 12.8. The smallest absolute Gasteiger partial charge is 0.241 e. The third-order valence-corrected chi connectivity index (χ3v) is 5.63. The van der Waals surface area contributed by atoms with Gasteiger partial charge in [-0.1, -0.05) is 31.5 Å². The summed E-state index contributed by atoms with van der Waals surface area (Å²) in [6, 6.07) is 7.36. The average Bonchev–Trinajstić information content (AvgIpc) is 2.69. The van der Waals surface area contributed by atoms with E-state index in [1.54, 1.807) is 6.07 Å². The second-order valence-corrected chi connectivity index (χ2v) is 8.46. The molecule has 1 aliphatic heterocycles. The molecule has 6 nitrogen and oxygen atoms in total. The number of amides is 1. The van der Waals surface area contributed by atoms with Crippen molar-refractivity contribution < 1.29 is 4.79 Å². The molecule has 1 saturated heterocycles. The summed E-state index contributed by atoms with van der Waals surface area (Å²) < 4.78 is 0. The number of anilines is 2. The van der Waals surface area contributed by atoms with E-state index in [1.807, 2.05) is 39.0 Å². The molecular formula is C22H30ClN5O. The number of carbonyl (C=O) groups is 1. The zero-order valence-corrected chi connectivity index (χ0v) is 18.6. The standard InChI is InChI=1S/C22H30ClN5O/c1-14(2)21-24-16(4)12-20(26-21)28-10-8-27(9-11-28)17(5)22(29)25-19-13-18(23)7-6-15(19)3/h6-7,12-14,17H,8-11H2,1-5H3,(H,25,29). The van der Waals surface area contributed by atoms with Crippen LogP contribution in [0.2, 0.25) is 5.02 Å². The Morgan fingerprint density at radius 1 is 1.07 bits per heavy atom. The summed E-state index contributed by atoms with van der Waals surface area (Å²) >= 11 is 6.07. The molecular weight excluding hydrogens is 386 g/mol. The highest BCUT2D eigenvalue weighted by molar-refractivity contribution is 6.31. The van der Waals surface area contributed by atoms with Crippen LogP contribution in [0, 0.1) is 13.8 Å². The lowest BCUT2D eigenvalue weighted by Gasteiger charge is -2.38. The van der Waals surface area contributed by atoms with Gasteiger partial charge in [0.25, 0.3) is 0 Å². The average molecular weight is 416 g/mol. The molecule has 0 radical (unpaired) electrons. The molecule has 0 aliphatic carbocycles. The topological polar surface area (TPSA) is 61.4 Å². The van der Waals surface area contributed by atoms with E-state index in [1.165, 1.54) is 0 Å². The Hall–Kier alpha value is -2.18. The summed E-state index contributed by atoms with van der Waals surface area (Å²) in [5.41, 5.74) is 2.76. The molecule has 1 aromatic carbocycles. The van der Waals surface area contributed by atoms with E-state index in [4.69, 9.17) is 16.6 Å². The van der Waals surface area contributed by atoms with Gasteiger partial charge in [0.15, 0.2) is 0 Å². The second kappa shape index (κ2) is 9.09. The molecule has 1 amide bonds. The second-order valence-electron chi connectivity index (χ2n) is 8.03. The lowest BCUT2D eigenvalue weighted by molar-refractivity contribution is -0.120. The molecule has 0 bridgehead atoms. The monoisotopic (exact) mass is 415 g/mol. The summed E-state index contributed by atoms with van der Waals surface area (Å²) in [6.45, 7) is 13.4. The maximum atomic E-state index is 12.8. The first-order chi connectivity index (χ1) is 13.7. The normalized spacial score (nSPS) is 16.2. The van der Waals surface area contributed by atoms with Crippen LogP contribution in [0.5, 0.6) is 0 Å². The molecule has 29 heavy (non-hydrogen) atoms. The third kappa shape index (κ3) is 5.25. The third-order valence-electron chi connectivity index (χ3n) is 5.40. The van der Waals surface area contributed by atoms with E-state index >= 15 is 0 Å². The van der Waals surface area contributed by atoms with E-state index in [2.05, 4.69) is 33.9 Å². The summed E-state index contributed by atoms with van der Waals surface area (Å²) in [7, 11) is 0. The highest BCUT2D eigenvalue weighted by atomic mass is 35.5. The molecule has 7 heteroatoms. The summed E-state index contributed by atoms with van der Waals surface area (Å²) in [5, 5.41) is 3.64. The number of halogens is 1. The first-order valence-electron chi connectivity index (χ1n) is 10.2. The predicted octanol–water partition coefficient (Wildman–Crippen LogP) is 4.02. The number of aromatic nitrogens is 2. The van der Waals surface area contributed by atoms with Gasteiger partial charge in [0, 0.05) is 54.6 Å². The van der Waals surface area contributed by atoms with Gasteiger partial charge in [-0.05, 0) is 38.5 Å². The minimum Gasteiger partial charge on any atom is -0.354 e. The van der Waals surface area contributed by atoms with Gasteiger partial charge < -0.3 is 10.2 Å². The number of carbonyl (C=O) groups excluding carboxylic acids is 1. The molecule has 1 fully saturated rings. The van der Waals surface area contributed by atoms with Crippen molar-refractivity contribution in [3.05, 3.63) is 46.4 Å². The number of hydrogen-bond acceptors (Lipinski definition) is 5. The van der Waals surface area contributed by atoms with Crippen molar-refractivity contribution in [1.82, 2.24) is 14.9 Å². The van der Waals surface area contributed by atoms with Crippen molar-refractivity contribution >= 4 is 29.0 Å². The zero-order valence-electron chi connectivity index (χ0n) is 17.9. The van der Waals surface area contributed by atoms with E-state index in [9.17, 15) is 4.79 Å². The highest BCUT2D eigenvalue weighted by Gasteiger charge is 2.26. The van der Waals surface area contributed by atoms with E-state index in [0.29, 0.717) is 10.9 Å². The molecule has 0 saturated carbocycles. The van der Waals surface area contributed by atoms with Gasteiger partial charge in [0.2, 0.25) is 5.91 Å². The Bertz CT molecular complexity index is 878. The molecule has 1 unspecified atom stereocenters. The van der Waals surface area contributed by atoms with Crippen LogP contribution >= 0.6 is 11.6 Å². The molecule has 2 heterocycles. The van der Waals surface area contributed by atoms with Gasteiger partial charge in [-0.25, -0.2) is 9.97 Å². The van der Waals surface area contributed by atoms with E-state index in [0.717, 1.165) is 54.8 Å². The van der Waals surface area contributed by atoms with Crippen LogP contribution in [0.4, 0.5) is 11.5 Å². The maximum Gasteiger partial charge on any atom is 0.241 e. The van der Waals surface area contributed by atoms with Crippen LogP contribution in [0.15, 0.2) is 24.3 Å². The van der Waals surface area contributed by atoms with Gasteiger partial charge in [0.1, 0.15) is 11.6 Å². The first kappa shape index (κ1) is 21.5. The summed E-state index contributed by atoms with van der Waals surface area (Å²) in [4.78, 5) is 26.5. The lowest BCUT2D eigenvalue weighted by atomic mass is 10.1. The Morgan fingerprint density at radius 3 is 2.41 bits per heavy atom. The molecule has 156 valence electrons. The first-order valence-corrected chi connectivity index (χ1v) is 10.5. The Kier molecular flexibility index (Phi) is 6.75. The van der Waals surface area contributed by atoms with Crippen molar-refractivity contribution in [2.75, 3.05) is 36.4 Å². The van der Waals surface area contributed by atoms with Crippen LogP contribution in [-0.4, -0.2) is 53.0 Å². The molecule has 3 rings (SSSR count). The predicted molar refractivity (Wildman–Crippen MR) is 119 cm³/mol. The molecule has 1 atom stereocenters. The number of hydrogen-bond donors (Lipinski definition) is 1. The van der Waals surface area contributed by atoms with Crippen molar-refractivity contribution in [2.24, 2.45) is 0 Å². The van der Waals surface area contributed by atoms with Gasteiger partial charge in [-0.3, -0.25) is 9.69 Å². The fourth-order valence-corrected chi connectivity index (χ4v) is 3.64. The van der Waals surface area contributed by atoms with Gasteiger partial charge in [-0.15, -0.1) is 0 Å². The van der Waals surface area contributed by atoms with Crippen molar-refractivity contribution in [2.45, 2.75) is 46.6 Å². The minimum absolute atomic E-state index is 0.0104. The fourth-order valence-electron chi connectivity index (χ4n) is 3.46. The molecule has 1 aromatic heterocycles. The van der Waals surface area contributed by atoms with Crippen molar-refractivity contribution in [3.8, 4) is 0 Å². The van der Waals surface area contributed by atoms with Gasteiger partial charge >= 0.3 is 0 Å². The van der Waals surface area contributed by atoms with E-state index < -0.39 is 0 Å². The Balaban J connectivity index is 1.61. The quantitative estimate of drug-likeness (QED) is 0.799. The SMILES string of the molecule is Cc1cc(N2CCN(C(C)C(=O)Nc3cc(Cl)ccc3C)CC2)nc(C(C)C)n1. The van der Waals surface area contributed by atoms with Crippen molar-refractivity contribution in [1.29, 1.82) is 0 Å². The lowest BCUT2D eigenvalue weighted by Crippen LogP contribution is -2.53.